The molecule has 1 aromatic rings. The Morgan fingerprint density at radius 1 is 1.43 bits per heavy atom. The summed E-state index contributed by atoms with van der Waals surface area (Å²) in [7, 11) is 0. The second kappa shape index (κ2) is 7.18. The van der Waals surface area contributed by atoms with Crippen LogP contribution in [0.15, 0.2) is 30.5 Å². The van der Waals surface area contributed by atoms with Gasteiger partial charge in [0.2, 0.25) is 0 Å². The maximum Gasteiger partial charge on any atom is 0.416 e. The molecule has 1 heterocycles. The van der Waals surface area contributed by atoms with Crippen molar-refractivity contribution in [3.05, 3.63) is 41.6 Å². The van der Waals surface area contributed by atoms with Crippen molar-refractivity contribution in [2.45, 2.75) is 25.1 Å². The van der Waals surface area contributed by atoms with Gasteiger partial charge in [0.25, 0.3) is 0 Å². The highest BCUT2D eigenvalue weighted by Crippen LogP contribution is 2.32. The molecule has 1 saturated heterocycles. The van der Waals surface area contributed by atoms with Crippen LogP contribution >= 0.6 is 11.6 Å². The van der Waals surface area contributed by atoms with Crippen LogP contribution in [-0.2, 0) is 6.18 Å². The Morgan fingerprint density at radius 3 is 2.78 bits per heavy atom. The van der Waals surface area contributed by atoms with Crippen LogP contribution in [0, 0.1) is 12.3 Å². The summed E-state index contributed by atoms with van der Waals surface area (Å²) in [5.74, 6) is 2.62. The standard InChI is InChI=1S/C17H18ClF3N2/c1-3-13-7-14(17(19,20)21)9-16(8-13)22-15-5-4-6-23(11-15)12(2)10-18/h1,7-9,15,22H,2,4-6,10-11H2. The topological polar surface area (TPSA) is 15.3 Å². The van der Waals surface area contributed by atoms with Crippen molar-refractivity contribution in [1.29, 1.82) is 0 Å². The summed E-state index contributed by atoms with van der Waals surface area (Å²) in [5.41, 5.74) is 0.677. The highest BCUT2D eigenvalue weighted by Gasteiger charge is 2.31. The smallest absolute Gasteiger partial charge is 0.380 e. The quantitative estimate of drug-likeness (QED) is 0.647. The number of hydrogen-bond acceptors (Lipinski definition) is 2. The number of likely N-dealkylation sites (tertiary alicyclic amines) is 1. The molecular formula is C17H18ClF3N2. The molecule has 0 aliphatic carbocycles. The monoisotopic (exact) mass is 342 g/mol. The van der Waals surface area contributed by atoms with Crippen LogP contribution in [0.4, 0.5) is 18.9 Å². The van der Waals surface area contributed by atoms with Gasteiger partial charge in [-0.3, -0.25) is 0 Å². The minimum Gasteiger partial charge on any atom is -0.380 e. The highest BCUT2D eigenvalue weighted by atomic mass is 35.5. The van der Waals surface area contributed by atoms with Gasteiger partial charge in [0.1, 0.15) is 0 Å². The van der Waals surface area contributed by atoms with Gasteiger partial charge < -0.3 is 10.2 Å². The van der Waals surface area contributed by atoms with E-state index in [0.29, 0.717) is 18.1 Å². The molecule has 23 heavy (non-hydrogen) atoms. The van der Waals surface area contributed by atoms with Crippen molar-refractivity contribution in [3.8, 4) is 12.3 Å². The summed E-state index contributed by atoms with van der Waals surface area (Å²) < 4.78 is 38.8. The van der Waals surface area contributed by atoms with Gasteiger partial charge in [-0.2, -0.15) is 13.2 Å². The van der Waals surface area contributed by atoms with E-state index in [0.717, 1.165) is 37.2 Å². The Bertz CT molecular complexity index is 619. The Labute approximate surface area is 139 Å². The molecular weight excluding hydrogens is 325 g/mol. The third-order valence-corrected chi connectivity index (χ3v) is 4.13. The molecule has 2 nitrogen and oxygen atoms in total. The molecule has 2 rings (SSSR count). The van der Waals surface area contributed by atoms with Crippen molar-refractivity contribution in [2.24, 2.45) is 0 Å². The lowest BCUT2D eigenvalue weighted by molar-refractivity contribution is -0.137. The molecule has 0 amide bonds. The van der Waals surface area contributed by atoms with Gasteiger partial charge in [0.15, 0.2) is 0 Å². The van der Waals surface area contributed by atoms with Crippen molar-refractivity contribution in [3.63, 3.8) is 0 Å². The molecule has 1 aliphatic heterocycles. The molecule has 0 bridgehead atoms. The van der Waals surface area contributed by atoms with Gasteiger partial charge in [-0.25, -0.2) is 0 Å². The number of benzene rings is 1. The number of anilines is 1. The first-order chi connectivity index (χ1) is 10.8. The number of rotatable bonds is 4. The summed E-state index contributed by atoms with van der Waals surface area (Å²) in [6, 6.07) is 3.66. The lowest BCUT2D eigenvalue weighted by Crippen LogP contribution is -2.41. The second-order valence-corrected chi connectivity index (χ2v) is 5.84. The van der Waals surface area contributed by atoms with E-state index in [1.807, 2.05) is 0 Å². The molecule has 0 radical (unpaired) electrons. The lowest BCUT2D eigenvalue weighted by Gasteiger charge is -2.36. The minimum absolute atomic E-state index is 0.0258. The zero-order chi connectivity index (χ0) is 17.0. The average Bonchev–Trinajstić information content (AvgIpc) is 2.53. The number of nitrogens with one attached hydrogen (secondary N) is 1. The number of hydrogen-bond donors (Lipinski definition) is 1. The fourth-order valence-corrected chi connectivity index (χ4v) is 2.83. The number of terminal acetylenes is 1. The fourth-order valence-electron chi connectivity index (χ4n) is 2.66. The highest BCUT2D eigenvalue weighted by molar-refractivity contribution is 6.19. The van der Waals surface area contributed by atoms with Gasteiger partial charge in [-0.1, -0.05) is 12.5 Å². The van der Waals surface area contributed by atoms with Crippen LogP contribution in [0.2, 0.25) is 0 Å². The SMILES string of the molecule is C#Cc1cc(NC2CCCN(C(=C)CCl)C2)cc(C(F)(F)F)c1. The van der Waals surface area contributed by atoms with Crippen molar-refractivity contribution in [2.75, 3.05) is 24.3 Å². The molecule has 1 aliphatic rings. The van der Waals surface area contributed by atoms with Gasteiger partial charge >= 0.3 is 6.18 Å². The van der Waals surface area contributed by atoms with E-state index in [-0.39, 0.29) is 11.6 Å². The number of halogens is 4. The minimum atomic E-state index is -4.42. The first-order valence-corrected chi connectivity index (χ1v) is 7.81. The third kappa shape index (κ3) is 4.59. The van der Waals surface area contributed by atoms with Crippen LogP contribution < -0.4 is 5.32 Å². The van der Waals surface area contributed by atoms with Crippen molar-refractivity contribution in [1.82, 2.24) is 4.90 Å². The Kier molecular flexibility index (Phi) is 5.48. The summed E-state index contributed by atoms with van der Waals surface area (Å²) in [5, 5.41) is 3.16. The number of allylic oxidation sites excluding steroid dienone is 1. The van der Waals surface area contributed by atoms with Crippen molar-refractivity contribution >= 4 is 17.3 Å². The maximum absolute atomic E-state index is 12.9. The number of alkyl halides is 4. The van der Waals surface area contributed by atoms with E-state index in [1.165, 1.54) is 0 Å². The summed E-state index contributed by atoms with van der Waals surface area (Å²) in [6.45, 7) is 5.43. The molecule has 1 fully saturated rings. The van der Waals surface area contributed by atoms with E-state index in [9.17, 15) is 13.2 Å². The summed E-state index contributed by atoms with van der Waals surface area (Å²) in [6.07, 6.45) is 2.64. The molecule has 0 aromatic heterocycles. The first kappa shape index (κ1) is 17.6. The molecule has 1 atom stereocenters. The van der Waals surface area contributed by atoms with E-state index < -0.39 is 11.7 Å². The zero-order valence-corrected chi connectivity index (χ0v) is 13.3. The Hall–Kier alpha value is -1.80. The fraction of sp³-hybridized carbons (Fsp3) is 0.412. The molecule has 124 valence electrons. The van der Waals surface area contributed by atoms with Crippen LogP contribution in [0.3, 0.4) is 0 Å². The van der Waals surface area contributed by atoms with Crippen LogP contribution in [0.5, 0.6) is 0 Å². The second-order valence-electron chi connectivity index (χ2n) is 5.57. The van der Waals surface area contributed by atoms with E-state index in [2.05, 4.69) is 22.7 Å². The molecule has 6 heteroatoms. The number of piperidine rings is 1. The van der Waals surface area contributed by atoms with Gasteiger partial charge in [0, 0.05) is 36.1 Å². The summed E-state index contributed by atoms with van der Waals surface area (Å²) >= 11 is 5.80. The molecule has 0 saturated carbocycles. The zero-order valence-electron chi connectivity index (χ0n) is 12.6. The largest absolute Gasteiger partial charge is 0.416 e. The first-order valence-electron chi connectivity index (χ1n) is 7.27. The molecule has 1 aromatic carbocycles. The predicted molar refractivity (Wildman–Crippen MR) is 87.5 cm³/mol. The normalized spacial score (nSPS) is 18.4. The Balaban J connectivity index is 2.16. The summed E-state index contributed by atoms with van der Waals surface area (Å²) in [4.78, 5) is 2.06. The molecule has 1 N–H and O–H groups in total. The predicted octanol–water partition coefficient (Wildman–Crippen LogP) is 4.32. The van der Waals surface area contributed by atoms with Gasteiger partial charge in [-0.05, 0) is 31.0 Å². The van der Waals surface area contributed by atoms with Crippen LogP contribution in [0.25, 0.3) is 0 Å². The number of nitrogens with zero attached hydrogens (tertiary/aromatic N) is 1. The Morgan fingerprint density at radius 2 is 2.17 bits per heavy atom. The molecule has 1 unspecified atom stereocenters. The van der Waals surface area contributed by atoms with Crippen molar-refractivity contribution < 1.29 is 13.2 Å². The van der Waals surface area contributed by atoms with E-state index in [4.69, 9.17) is 18.0 Å². The third-order valence-electron chi connectivity index (χ3n) is 3.82. The average molecular weight is 343 g/mol. The van der Waals surface area contributed by atoms with Gasteiger partial charge in [-0.15, -0.1) is 18.0 Å². The van der Waals surface area contributed by atoms with E-state index in [1.54, 1.807) is 6.07 Å². The maximum atomic E-state index is 12.9. The van der Waals surface area contributed by atoms with Gasteiger partial charge in [0.05, 0.1) is 11.4 Å². The van der Waals surface area contributed by atoms with Crippen LogP contribution in [0.1, 0.15) is 24.0 Å². The van der Waals surface area contributed by atoms with Crippen LogP contribution in [-0.4, -0.2) is 29.9 Å². The van der Waals surface area contributed by atoms with E-state index >= 15 is 0 Å². The molecule has 0 spiro atoms. The lowest BCUT2D eigenvalue weighted by atomic mass is 10.0.